The van der Waals surface area contributed by atoms with Crippen LogP contribution in [0.25, 0.3) is 11.1 Å². The van der Waals surface area contributed by atoms with Crippen molar-refractivity contribution in [1.82, 2.24) is 9.78 Å². The number of Topliss-reactive ketones (excluding diaryl/α,β-unsaturated/α-hetero) is 1. The molecule has 0 saturated carbocycles. The van der Waals surface area contributed by atoms with E-state index in [-0.39, 0.29) is 12.3 Å². The third-order valence-electron chi connectivity index (χ3n) is 3.18. The van der Waals surface area contributed by atoms with Gasteiger partial charge in [0.1, 0.15) is 6.54 Å². The molecule has 3 nitrogen and oxygen atoms in total. The number of benzene rings is 2. The van der Waals surface area contributed by atoms with E-state index in [1.54, 1.807) is 17.1 Å². The third kappa shape index (κ3) is 2.67. The largest absolute Gasteiger partial charge is 0.292 e. The molecule has 0 amide bonds. The van der Waals surface area contributed by atoms with Crippen molar-refractivity contribution in [2.75, 3.05) is 0 Å². The summed E-state index contributed by atoms with van der Waals surface area (Å²) in [6.45, 7) is 0.275. The van der Waals surface area contributed by atoms with E-state index in [9.17, 15) is 4.79 Å². The maximum Gasteiger partial charge on any atom is 0.184 e. The SMILES string of the molecule is O=C(Cn1cccn1)c1ccc(-c2ccccc2)cc1. The molecule has 0 saturated heterocycles. The highest BCUT2D eigenvalue weighted by atomic mass is 16.1. The van der Waals surface area contributed by atoms with Crippen molar-refractivity contribution >= 4 is 5.78 Å². The Labute approximate surface area is 117 Å². The first-order chi connectivity index (χ1) is 9.83. The Morgan fingerprint density at radius 3 is 2.25 bits per heavy atom. The summed E-state index contributed by atoms with van der Waals surface area (Å²) in [7, 11) is 0. The molecule has 0 aliphatic carbocycles. The van der Waals surface area contributed by atoms with Gasteiger partial charge < -0.3 is 0 Å². The lowest BCUT2D eigenvalue weighted by molar-refractivity contribution is 0.0968. The molecule has 98 valence electrons. The van der Waals surface area contributed by atoms with Crippen LogP contribution in [0.2, 0.25) is 0 Å². The summed E-state index contributed by atoms with van der Waals surface area (Å²) in [5.41, 5.74) is 2.97. The number of carbonyl (C=O) groups is 1. The van der Waals surface area contributed by atoms with Gasteiger partial charge in [-0.2, -0.15) is 5.10 Å². The van der Waals surface area contributed by atoms with Crippen LogP contribution in [0, 0.1) is 0 Å². The minimum Gasteiger partial charge on any atom is -0.292 e. The summed E-state index contributed by atoms with van der Waals surface area (Å²) in [6, 6.07) is 19.6. The number of hydrogen-bond acceptors (Lipinski definition) is 2. The fourth-order valence-corrected chi connectivity index (χ4v) is 2.11. The average molecular weight is 262 g/mol. The van der Waals surface area contributed by atoms with Crippen molar-refractivity contribution in [3.63, 3.8) is 0 Å². The molecule has 0 bridgehead atoms. The molecule has 1 heterocycles. The minimum absolute atomic E-state index is 0.0633. The molecule has 0 radical (unpaired) electrons. The Bertz CT molecular complexity index is 686. The molecule has 0 unspecified atom stereocenters. The smallest absolute Gasteiger partial charge is 0.184 e. The summed E-state index contributed by atoms with van der Waals surface area (Å²) >= 11 is 0. The van der Waals surface area contributed by atoms with E-state index >= 15 is 0 Å². The Hall–Kier alpha value is -2.68. The molecule has 0 N–H and O–H groups in total. The monoisotopic (exact) mass is 262 g/mol. The predicted molar refractivity (Wildman–Crippen MR) is 78.4 cm³/mol. The van der Waals surface area contributed by atoms with Crippen molar-refractivity contribution in [2.45, 2.75) is 6.54 Å². The van der Waals surface area contributed by atoms with Gasteiger partial charge in [0.05, 0.1) is 0 Å². The zero-order valence-electron chi connectivity index (χ0n) is 10.9. The van der Waals surface area contributed by atoms with Gasteiger partial charge in [0.25, 0.3) is 0 Å². The number of carbonyl (C=O) groups excluding carboxylic acids is 1. The Morgan fingerprint density at radius 2 is 1.60 bits per heavy atom. The molecular weight excluding hydrogens is 248 g/mol. The molecule has 0 aliphatic rings. The second-order valence-electron chi connectivity index (χ2n) is 4.57. The van der Waals surface area contributed by atoms with Crippen LogP contribution in [0.15, 0.2) is 73.1 Å². The van der Waals surface area contributed by atoms with Gasteiger partial charge in [-0.05, 0) is 17.2 Å². The van der Waals surface area contributed by atoms with Crippen molar-refractivity contribution in [2.24, 2.45) is 0 Å². The molecule has 3 aromatic rings. The Morgan fingerprint density at radius 1 is 0.900 bits per heavy atom. The van der Waals surface area contributed by atoms with E-state index in [1.807, 2.05) is 48.5 Å². The fraction of sp³-hybridized carbons (Fsp3) is 0.0588. The van der Waals surface area contributed by atoms with Gasteiger partial charge in [-0.15, -0.1) is 0 Å². The quantitative estimate of drug-likeness (QED) is 0.675. The standard InChI is InChI=1S/C17H14N2O/c20-17(13-19-12-4-11-18-19)16-9-7-15(8-10-16)14-5-2-1-3-6-14/h1-12H,13H2. The van der Waals surface area contributed by atoms with Gasteiger partial charge >= 0.3 is 0 Å². The molecule has 3 heteroatoms. The van der Waals surface area contributed by atoms with E-state index in [4.69, 9.17) is 0 Å². The second kappa shape index (κ2) is 5.53. The molecule has 2 aromatic carbocycles. The van der Waals surface area contributed by atoms with Crippen molar-refractivity contribution < 1.29 is 4.79 Å². The van der Waals surface area contributed by atoms with E-state index in [2.05, 4.69) is 17.2 Å². The van der Waals surface area contributed by atoms with Crippen LogP contribution in [0.3, 0.4) is 0 Å². The molecule has 0 fully saturated rings. The van der Waals surface area contributed by atoms with Crippen LogP contribution in [0.4, 0.5) is 0 Å². The lowest BCUT2D eigenvalue weighted by Crippen LogP contribution is -2.10. The number of nitrogens with zero attached hydrogens (tertiary/aromatic N) is 2. The number of hydrogen-bond donors (Lipinski definition) is 0. The fourth-order valence-electron chi connectivity index (χ4n) is 2.11. The molecular formula is C17H14N2O. The minimum atomic E-state index is 0.0633. The molecule has 1 aromatic heterocycles. The highest BCUT2D eigenvalue weighted by Gasteiger charge is 2.07. The van der Waals surface area contributed by atoms with Crippen LogP contribution in [-0.2, 0) is 6.54 Å². The van der Waals surface area contributed by atoms with Gasteiger partial charge in [0.15, 0.2) is 5.78 Å². The molecule has 20 heavy (non-hydrogen) atoms. The number of rotatable bonds is 4. The molecule has 0 spiro atoms. The van der Waals surface area contributed by atoms with E-state index in [1.165, 1.54) is 0 Å². The van der Waals surface area contributed by atoms with Crippen molar-refractivity contribution in [3.05, 3.63) is 78.6 Å². The second-order valence-corrected chi connectivity index (χ2v) is 4.57. The van der Waals surface area contributed by atoms with Gasteiger partial charge in [0, 0.05) is 18.0 Å². The molecule has 3 rings (SSSR count). The van der Waals surface area contributed by atoms with E-state index < -0.39 is 0 Å². The molecule has 0 atom stereocenters. The van der Waals surface area contributed by atoms with Crippen molar-refractivity contribution in [3.8, 4) is 11.1 Å². The summed E-state index contributed by atoms with van der Waals surface area (Å²) in [4.78, 5) is 12.1. The summed E-state index contributed by atoms with van der Waals surface area (Å²) in [5, 5.41) is 4.04. The first kappa shape index (κ1) is 12.4. The lowest BCUT2D eigenvalue weighted by Gasteiger charge is -2.04. The lowest BCUT2D eigenvalue weighted by atomic mass is 10.0. The van der Waals surface area contributed by atoms with E-state index in [0.717, 1.165) is 11.1 Å². The Balaban J connectivity index is 1.78. The van der Waals surface area contributed by atoms with Crippen molar-refractivity contribution in [1.29, 1.82) is 0 Å². The van der Waals surface area contributed by atoms with Gasteiger partial charge in [-0.1, -0.05) is 54.6 Å². The summed E-state index contributed by atoms with van der Waals surface area (Å²) in [5.74, 6) is 0.0633. The summed E-state index contributed by atoms with van der Waals surface area (Å²) < 4.78 is 1.63. The average Bonchev–Trinajstić information content (AvgIpc) is 3.01. The van der Waals surface area contributed by atoms with Gasteiger partial charge in [-0.25, -0.2) is 0 Å². The van der Waals surface area contributed by atoms with Crippen LogP contribution in [0.5, 0.6) is 0 Å². The topological polar surface area (TPSA) is 34.9 Å². The molecule has 0 aliphatic heterocycles. The first-order valence-corrected chi connectivity index (χ1v) is 6.49. The van der Waals surface area contributed by atoms with Crippen LogP contribution in [0.1, 0.15) is 10.4 Å². The number of ketones is 1. The van der Waals surface area contributed by atoms with Gasteiger partial charge in [0.2, 0.25) is 0 Å². The highest BCUT2D eigenvalue weighted by Crippen LogP contribution is 2.19. The van der Waals surface area contributed by atoms with Crippen LogP contribution in [-0.4, -0.2) is 15.6 Å². The Kier molecular flexibility index (Phi) is 3.42. The highest BCUT2D eigenvalue weighted by molar-refractivity contribution is 5.96. The maximum absolute atomic E-state index is 12.1. The zero-order valence-corrected chi connectivity index (χ0v) is 10.9. The summed E-state index contributed by atoms with van der Waals surface area (Å²) in [6.07, 6.45) is 3.46. The maximum atomic E-state index is 12.1. The predicted octanol–water partition coefficient (Wildman–Crippen LogP) is 3.43. The third-order valence-corrected chi connectivity index (χ3v) is 3.18. The van der Waals surface area contributed by atoms with Gasteiger partial charge in [-0.3, -0.25) is 9.48 Å². The van der Waals surface area contributed by atoms with Crippen LogP contribution < -0.4 is 0 Å². The normalized spacial score (nSPS) is 10.4. The zero-order chi connectivity index (χ0) is 13.8. The van der Waals surface area contributed by atoms with E-state index in [0.29, 0.717) is 5.56 Å². The number of aromatic nitrogens is 2. The first-order valence-electron chi connectivity index (χ1n) is 6.49. The van der Waals surface area contributed by atoms with Crippen LogP contribution >= 0.6 is 0 Å².